The summed E-state index contributed by atoms with van der Waals surface area (Å²) >= 11 is 3.84. The number of ether oxygens (including phenoxy) is 1. The summed E-state index contributed by atoms with van der Waals surface area (Å²) < 4.78 is 5.76. The molecule has 0 saturated heterocycles. The molecule has 0 saturated carbocycles. The highest BCUT2D eigenvalue weighted by atomic mass is 79.9. The van der Waals surface area contributed by atoms with Gasteiger partial charge in [-0.3, -0.25) is 0 Å². The van der Waals surface area contributed by atoms with Crippen LogP contribution in [-0.2, 0) is 12.8 Å². The van der Waals surface area contributed by atoms with E-state index >= 15 is 0 Å². The van der Waals surface area contributed by atoms with Gasteiger partial charge >= 0.3 is 0 Å². The number of hydrogen-bond acceptors (Lipinski definition) is 1. The second-order valence-electron chi connectivity index (χ2n) is 5.60. The molecule has 0 aliphatic carbocycles. The summed E-state index contributed by atoms with van der Waals surface area (Å²) in [4.78, 5) is 0.352. The van der Waals surface area contributed by atoms with Gasteiger partial charge in [0.1, 0.15) is 11.9 Å². The van der Waals surface area contributed by atoms with Crippen molar-refractivity contribution in [3.8, 4) is 5.75 Å². The molecule has 0 amide bonds. The van der Waals surface area contributed by atoms with Gasteiger partial charge in [-0.1, -0.05) is 52.3 Å². The molecule has 2 aromatic rings. The molecule has 0 fully saturated rings. The smallest absolute Gasteiger partial charge is 0.123 e. The van der Waals surface area contributed by atoms with E-state index in [-0.39, 0.29) is 0 Å². The van der Waals surface area contributed by atoms with Crippen LogP contribution in [0.3, 0.4) is 0 Å². The van der Waals surface area contributed by atoms with Crippen molar-refractivity contribution in [1.29, 1.82) is 0 Å². The minimum Gasteiger partial charge on any atom is -0.490 e. The Kier molecular flexibility index (Phi) is 3.84. The van der Waals surface area contributed by atoms with Gasteiger partial charge in [0.05, 0.1) is 0 Å². The molecular formula is C18H19BrO. The number of halogens is 1. The standard InChI is InChI=1S/C18H19BrO/c1-12-5-3-4-6-14(12)11-17(19)15-7-8-18-16(10-15)9-13(2)20-18/h3-8,10,13,17H,9,11H2,1-2H3. The molecule has 1 nitrogen and oxygen atoms in total. The van der Waals surface area contributed by atoms with Gasteiger partial charge in [0.15, 0.2) is 0 Å². The third-order valence-electron chi connectivity index (χ3n) is 3.94. The quantitative estimate of drug-likeness (QED) is 0.720. The van der Waals surface area contributed by atoms with Crippen LogP contribution in [0.4, 0.5) is 0 Å². The van der Waals surface area contributed by atoms with Gasteiger partial charge in [-0.05, 0) is 48.6 Å². The number of benzene rings is 2. The fraction of sp³-hybridized carbons (Fsp3) is 0.333. The van der Waals surface area contributed by atoms with Crippen molar-refractivity contribution >= 4 is 15.9 Å². The van der Waals surface area contributed by atoms with Gasteiger partial charge in [-0.25, -0.2) is 0 Å². The summed E-state index contributed by atoms with van der Waals surface area (Å²) in [6, 6.07) is 15.2. The van der Waals surface area contributed by atoms with E-state index in [4.69, 9.17) is 4.74 Å². The van der Waals surface area contributed by atoms with Gasteiger partial charge in [-0.15, -0.1) is 0 Å². The third kappa shape index (κ3) is 2.76. The van der Waals surface area contributed by atoms with Crippen molar-refractivity contribution in [2.45, 2.75) is 37.6 Å². The highest BCUT2D eigenvalue weighted by Gasteiger charge is 2.20. The fourth-order valence-corrected chi connectivity index (χ4v) is 3.42. The number of fused-ring (bicyclic) bond motifs is 1. The summed E-state index contributed by atoms with van der Waals surface area (Å²) in [5, 5.41) is 0. The molecule has 104 valence electrons. The molecule has 0 aromatic heterocycles. The topological polar surface area (TPSA) is 9.23 Å². The molecule has 20 heavy (non-hydrogen) atoms. The van der Waals surface area contributed by atoms with E-state index in [1.165, 1.54) is 22.3 Å². The van der Waals surface area contributed by atoms with E-state index in [0.29, 0.717) is 10.9 Å². The number of aryl methyl sites for hydroxylation is 1. The summed E-state index contributed by atoms with van der Waals surface area (Å²) in [7, 11) is 0. The van der Waals surface area contributed by atoms with Gasteiger partial charge < -0.3 is 4.74 Å². The summed E-state index contributed by atoms with van der Waals surface area (Å²) in [6.07, 6.45) is 2.35. The molecule has 2 unspecified atom stereocenters. The fourth-order valence-electron chi connectivity index (χ4n) is 2.79. The highest BCUT2D eigenvalue weighted by molar-refractivity contribution is 9.09. The van der Waals surface area contributed by atoms with E-state index in [9.17, 15) is 0 Å². The van der Waals surface area contributed by atoms with Gasteiger partial charge in [0.25, 0.3) is 0 Å². The van der Waals surface area contributed by atoms with Crippen LogP contribution in [0.15, 0.2) is 42.5 Å². The van der Waals surface area contributed by atoms with Crippen LogP contribution in [0.5, 0.6) is 5.75 Å². The van der Waals surface area contributed by atoms with Crippen LogP contribution < -0.4 is 4.74 Å². The van der Waals surface area contributed by atoms with Crippen LogP contribution in [-0.4, -0.2) is 6.10 Å². The monoisotopic (exact) mass is 330 g/mol. The first kappa shape index (κ1) is 13.7. The number of rotatable bonds is 3. The first-order valence-corrected chi connectivity index (χ1v) is 8.03. The second-order valence-corrected chi connectivity index (χ2v) is 6.70. The zero-order chi connectivity index (χ0) is 14.1. The molecule has 3 rings (SSSR count). The Morgan fingerprint density at radius 1 is 1.25 bits per heavy atom. The number of hydrogen-bond donors (Lipinski definition) is 0. The lowest BCUT2D eigenvalue weighted by molar-refractivity contribution is 0.254. The summed E-state index contributed by atoms with van der Waals surface area (Å²) in [5.74, 6) is 1.05. The minimum atomic E-state index is 0.311. The molecule has 0 N–H and O–H groups in total. The van der Waals surface area contributed by atoms with Crippen LogP contribution in [0.25, 0.3) is 0 Å². The summed E-state index contributed by atoms with van der Waals surface area (Å²) in [6.45, 7) is 4.30. The molecule has 1 heterocycles. The van der Waals surface area contributed by atoms with Crippen molar-refractivity contribution in [3.63, 3.8) is 0 Å². The molecule has 0 radical (unpaired) electrons. The maximum Gasteiger partial charge on any atom is 0.123 e. The van der Waals surface area contributed by atoms with Crippen LogP contribution >= 0.6 is 15.9 Å². The molecule has 2 aromatic carbocycles. The van der Waals surface area contributed by atoms with Gasteiger partial charge in [0, 0.05) is 11.2 Å². The van der Waals surface area contributed by atoms with Crippen molar-refractivity contribution in [1.82, 2.24) is 0 Å². The molecule has 2 atom stereocenters. The van der Waals surface area contributed by atoms with Crippen molar-refractivity contribution in [3.05, 3.63) is 64.7 Å². The Hall–Kier alpha value is -1.28. The lowest BCUT2D eigenvalue weighted by Crippen LogP contribution is -2.05. The normalized spacial score (nSPS) is 18.4. The third-order valence-corrected chi connectivity index (χ3v) is 4.79. The van der Waals surface area contributed by atoms with E-state index in [1.54, 1.807) is 0 Å². The van der Waals surface area contributed by atoms with E-state index < -0.39 is 0 Å². The first-order valence-electron chi connectivity index (χ1n) is 7.11. The Labute approximate surface area is 129 Å². The van der Waals surface area contributed by atoms with Crippen LogP contribution in [0.2, 0.25) is 0 Å². The molecule has 0 spiro atoms. The zero-order valence-corrected chi connectivity index (χ0v) is 13.5. The second kappa shape index (κ2) is 5.61. The Bertz CT molecular complexity index is 621. The average molecular weight is 331 g/mol. The van der Waals surface area contributed by atoms with Crippen molar-refractivity contribution in [2.75, 3.05) is 0 Å². The predicted molar refractivity (Wildman–Crippen MR) is 86.8 cm³/mol. The highest BCUT2D eigenvalue weighted by Crippen LogP contribution is 2.35. The van der Waals surface area contributed by atoms with Crippen molar-refractivity contribution in [2.24, 2.45) is 0 Å². The SMILES string of the molecule is Cc1ccccc1CC(Br)c1ccc2c(c1)CC(C)O2. The lowest BCUT2D eigenvalue weighted by atomic mass is 9.98. The predicted octanol–water partition coefficient (Wildman–Crippen LogP) is 5.00. The van der Waals surface area contributed by atoms with E-state index in [2.05, 4.69) is 72.2 Å². The lowest BCUT2D eigenvalue weighted by Gasteiger charge is -2.13. The van der Waals surface area contributed by atoms with Crippen molar-refractivity contribution < 1.29 is 4.74 Å². The average Bonchev–Trinajstić information content (AvgIpc) is 2.80. The summed E-state index contributed by atoms with van der Waals surface area (Å²) in [5.41, 5.74) is 5.43. The largest absolute Gasteiger partial charge is 0.490 e. The number of alkyl halides is 1. The molecule has 0 bridgehead atoms. The Morgan fingerprint density at radius 2 is 2.05 bits per heavy atom. The minimum absolute atomic E-state index is 0.311. The maximum absolute atomic E-state index is 5.76. The van der Waals surface area contributed by atoms with E-state index in [0.717, 1.165) is 18.6 Å². The van der Waals surface area contributed by atoms with Gasteiger partial charge in [0.2, 0.25) is 0 Å². The van der Waals surface area contributed by atoms with Crippen LogP contribution in [0, 0.1) is 6.92 Å². The first-order chi connectivity index (χ1) is 9.63. The molecule has 1 aliphatic heterocycles. The maximum atomic E-state index is 5.76. The van der Waals surface area contributed by atoms with Gasteiger partial charge in [-0.2, -0.15) is 0 Å². The molecular weight excluding hydrogens is 312 g/mol. The molecule has 1 aliphatic rings. The Balaban J connectivity index is 1.80. The molecule has 2 heteroatoms. The van der Waals surface area contributed by atoms with E-state index in [1.807, 2.05) is 0 Å². The zero-order valence-electron chi connectivity index (χ0n) is 11.9. The Morgan fingerprint density at radius 3 is 2.85 bits per heavy atom. The van der Waals surface area contributed by atoms with Crippen LogP contribution in [0.1, 0.15) is 34.0 Å².